The fraction of sp³-hybridized carbons (Fsp3) is 0.200. The number of hydrogen-bond donors (Lipinski definition) is 3. The zero-order valence-electron chi connectivity index (χ0n) is 11.2. The van der Waals surface area contributed by atoms with Crippen LogP contribution >= 0.6 is 0 Å². The van der Waals surface area contributed by atoms with E-state index < -0.39 is 0 Å². The number of aromatic hydroxyl groups is 2. The molecule has 106 valence electrons. The van der Waals surface area contributed by atoms with E-state index >= 15 is 0 Å². The first-order valence-corrected chi connectivity index (χ1v) is 6.12. The topological polar surface area (TPSA) is 61.7 Å². The first kappa shape index (κ1) is 14.0. The number of nitrogens with one attached hydrogen (secondary N) is 1. The van der Waals surface area contributed by atoms with Gasteiger partial charge < -0.3 is 20.3 Å². The van der Waals surface area contributed by atoms with Gasteiger partial charge in [0.05, 0.1) is 12.8 Å². The van der Waals surface area contributed by atoms with E-state index in [1.807, 2.05) is 6.92 Å². The van der Waals surface area contributed by atoms with Crippen LogP contribution in [-0.2, 0) is 0 Å². The molecule has 1 unspecified atom stereocenters. The fourth-order valence-corrected chi connectivity index (χ4v) is 1.97. The monoisotopic (exact) mass is 277 g/mol. The lowest BCUT2D eigenvalue weighted by Gasteiger charge is -2.18. The smallest absolute Gasteiger partial charge is 0.144 e. The van der Waals surface area contributed by atoms with Crippen molar-refractivity contribution < 1.29 is 19.3 Å². The third kappa shape index (κ3) is 3.12. The Morgan fingerprint density at radius 1 is 1.10 bits per heavy atom. The maximum absolute atomic E-state index is 13.1. The van der Waals surface area contributed by atoms with Crippen LogP contribution in [0.1, 0.15) is 18.5 Å². The molecule has 0 radical (unpaired) electrons. The van der Waals surface area contributed by atoms with Crippen molar-refractivity contribution in [2.24, 2.45) is 0 Å². The average molecular weight is 277 g/mol. The molecule has 20 heavy (non-hydrogen) atoms. The summed E-state index contributed by atoms with van der Waals surface area (Å²) in [5.74, 6) is -0.0179. The summed E-state index contributed by atoms with van der Waals surface area (Å²) >= 11 is 0. The van der Waals surface area contributed by atoms with Crippen LogP contribution in [0.15, 0.2) is 36.4 Å². The normalized spacial score (nSPS) is 11.9. The van der Waals surface area contributed by atoms with Crippen molar-refractivity contribution >= 4 is 5.69 Å². The van der Waals surface area contributed by atoms with Crippen LogP contribution in [0.25, 0.3) is 0 Å². The molecule has 0 amide bonds. The highest BCUT2D eigenvalue weighted by Gasteiger charge is 2.11. The highest BCUT2D eigenvalue weighted by Crippen LogP contribution is 2.31. The van der Waals surface area contributed by atoms with Gasteiger partial charge in [-0.05, 0) is 36.8 Å². The molecule has 0 bridgehead atoms. The van der Waals surface area contributed by atoms with E-state index in [0.717, 1.165) is 0 Å². The number of benzene rings is 2. The van der Waals surface area contributed by atoms with Crippen molar-refractivity contribution in [3.63, 3.8) is 0 Å². The summed E-state index contributed by atoms with van der Waals surface area (Å²) < 4.78 is 18.2. The molecule has 0 saturated heterocycles. The maximum Gasteiger partial charge on any atom is 0.144 e. The lowest BCUT2D eigenvalue weighted by molar-refractivity contribution is 0.412. The van der Waals surface area contributed by atoms with Gasteiger partial charge in [0, 0.05) is 18.2 Å². The van der Waals surface area contributed by atoms with E-state index in [1.54, 1.807) is 18.2 Å². The summed E-state index contributed by atoms with van der Waals surface area (Å²) in [4.78, 5) is 0. The van der Waals surface area contributed by atoms with Gasteiger partial charge in [0.15, 0.2) is 0 Å². The molecule has 1 atom stereocenters. The van der Waals surface area contributed by atoms with Crippen LogP contribution in [0.3, 0.4) is 0 Å². The number of hydrogen-bond acceptors (Lipinski definition) is 4. The first-order chi connectivity index (χ1) is 9.49. The Labute approximate surface area is 116 Å². The van der Waals surface area contributed by atoms with Crippen LogP contribution < -0.4 is 10.1 Å². The van der Waals surface area contributed by atoms with Crippen LogP contribution in [0.2, 0.25) is 0 Å². The number of anilines is 1. The minimum Gasteiger partial charge on any atom is -0.508 e. The quantitative estimate of drug-likeness (QED) is 0.801. The minimum atomic E-state index is -0.380. The third-order valence-electron chi connectivity index (χ3n) is 2.96. The molecular formula is C15H16FNO3. The van der Waals surface area contributed by atoms with E-state index in [1.165, 1.54) is 25.3 Å². The highest BCUT2D eigenvalue weighted by atomic mass is 19.1. The Balaban J connectivity index is 2.25. The third-order valence-corrected chi connectivity index (χ3v) is 2.96. The lowest BCUT2D eigenvalue weighted by atomic mass is 10.1. The average Bonchev–Trinajstić information content (AvgIpc) is 2.39. The molecule has 2 aromatic carbocycles. The molecule has 0 fully saturated rings. The molecule has 0 heterocycles. The molecule has 0 aliphatic rings. The van der Waals surface area contributed by atoms with Crippen LogP contribution in [0.4, 0.5) is 10.1 Å². The number of phenolic OH excluding ortho intramolecular Hbond substituents is 2. The van der Waals surface area contributed by atoms with Crippen molar-refractivity contribution in [2.75, 3.05) is 12.4 Å². The van der Waals surface area contributed by atoms with Crippen molar-refractivity contribution in [3.8, 4) is 17.2 Å². The molecule has 3 N–H and O–H groups in total. The summed E-state index contributed by atoms with van der Waals surface area (Å²) in [5, 5.41) is 22.1. The van der Waals surface area contributed by atoms with Gasteiger partial charge >= 0.3 is 0 Å². The van der Waals surface area contributed by atoms with E-state index in [-0.39, 0.29) is 23.4 Å². The standard InChI is InChI=1S/C15H16FNO3/c1-9(10-5-12(18)8-13(19)6-10)17-14-4-3-11(16)7-15(14)20-2/h3-9,17-19H,1-2H3. The molecular weight excluding hydrogens is 261 g/mol. The summed E-state index contributed by atoms with van der Waals surface area (Å²) in [6.07, 6.45) is 0. The van der Waals surface area contributed by atoms with E-state index in [0.29, 0.717) is 17.0 Å². The van der Waals surface area contributed by atoms with Crippen LogP contribution in [0.5, 0.6) is 17.2 Å². The highest BCUT2D eigenvalue weighted by molar-refractivity contribution is 5.58. The predicted molar refractivity (Wildman–Crippen MR) is 74.8 cm³/mol. The molecule has 2 aromatic rings. The van der Waals surface area contributed by atoms with Crippen molar-refractivity contribution in [1.82, 2.24) is 0 Å². The van der Waals surface area contributed by atoms with E-state index in [2.05, 4.69) is 5.32 Å². The number of halogens is 1. The largest absolute Gasteiger partial charge is 0.508 e. The van der Waals surface area contributed by atoms with Gasteiger partial charge in [0.1, 0.15) is 23.1 Å². The Kier molecular flexibility index (Phi) is 3.98. The van der Waals surface area contributed by atoms with Gasteiger partial charge in [-0.25, -0.2) is 4.39 Å². The molecule has 0 aromatic heterocycles. The summed E-state index contributed by atoms with van der Waals surface area (Å²) in [6, 6.07) is 8.35. The van der Waals surface area contributed by atoms with Gasteiger partial charge in [-0.15, -0.1) is 0 Å². The van der Waals surface area contributed by atoms with Gasteiger partial charge in [-0.2, -0.15) is 0 Å². The summed E-state index contributed by atoms with van der Waals surface area (Å²) in [5.41, 5.74) is 1.33. The second kappa shape index (κ2) is 5.69. The second-order valence-corrected chi connectivity index (χ2v) is 4.49. The number of rotatable bonds is 4. The van der Waals surface area contributed by atoms with Gasteiger partial charge in [0.25, 0.3) is 0 Å². The SMILES string of the molecule is COc1cc(F)ccc1NC(C)c1cc(O)cc(O)c1. The van der Waals surface area contributed by atoms with Gasteiger partial charge in [-0.3, -0.25) is 0 Å². The number of methoxy groups -OCH3 is 1. The minimum absolute atomic E-state index is 0.0141. The fourth-order valence-electron chi connectivity index (χ4n) is 1.97. The molecule has 0 aliphatic heterocycles. The Hall–Kier alpha value is -2.43. The second-order valence-electron chi connectivity index (χ2n) is 4.49. The van der Waals surface area contributed by atoms with Crippen molar-refractivity contribution in [3.05, 3.63) is 47.8 Å². The molecule has 0 saturated carbocycles. The molecule has 2 rings (SSSR count). The van der Waals surface area contributed by atoms with Crippen LogP contribution in [-0.4, -0.2) is 17.3 Å². The maximum atomic E-state index is 13.1. The Morgan fingerprint density at radius 2 is 1.75 bits per heavy atom. The Bertz CT molecular complexity index is 596. The predicted octanol–water partition coefficient (Wildman–Crippen LogP) is 3.42. The van der Waals surface area contributed by atoms with Gasteiger partial charge in [-0.1, -0.05) is 0 Å². The first-order valence-electron chi connectivity index (χ1n) is 6.12. The Morgan fingerprint density at radius 3 is 2.35 bits per heavy atom. The van der Waals surface area contributed by atoms with Crippen LogP contribution in [0, 0.1) is 5.82 Å². The number of ether oxygens (including phenoxy) is 1. The lowest BCUT2D eigenvalue weighted by Crippen LogP contribution is -2.07. The zero-order chi connectivity index (χ0) is 14.7. The van der Waals surface area contributed by atoms with Crippen molar-refractivity contribution in [2.45, 2.75) is 13.0 Å². The van der Waals surface area contributed by atoms with Crippen molar-refractivity contribution in [1.29, 1.82) is 0 Å². The zero-order valence-corrected chi connectivity index (χ0v) is 11.2. The molecule has 0 spiro atoms. The molecule has 5 heteroatoms. The summed E-state index contributed by atoms with van der Waals surface area (Å²) in [6.45, 7) is 1.86. The number of phenols is 2. The van der Waals surface area contributed by atoms with E-state index in [9.17, 15) is 14.6 Å². The van der Waals surface area contributed by atoms with E-state index in [4.69, 9.17) is 4.74 Å². The molecule has 4 nitrogen and oxygen atoms in total. The molecule has 0 aliphatic carbocycles. The summed E-state index contributed by atoms with van der Waals surface area (Å²) in [7, 11) is 1.46. The van der Waals surface area contributed by atoms with Gasteiger partial charge in [0.2, 0.25) is 0 Å².